The lowest BCUT2D eigenvalue weighted by Crippen LogP contribution is -2.57. The van der Waals surface area contributed by atoms with E-state index >= 15 is 0 Å². The van der Waals surface area contributed by atoms with Gasteiger partial charge in [0, 0.05) is 11.6 Å². The van der Waals surface area contributed by atoms with Gasteiger partial charge in [0.15, 0.2) is 11.5 Å². The first-order valence-electron chi connectivity index (χ1n) is 15.2. The molecule has 3 nitrogen and oxygen atoms in total. The van der Waals surface area contributed by atoms with Gasteiger partial charge in [-0.15, -0.1) is 0 Å². The number of hydrogen-bond donors (Lipinski definition) is 0. The molecule has 0 amide bonds. The summed E-state index contributed by atoms with van der Waals surface area (Å²) in [6, 6.07) is 35.2. The Labute approximate surface area is 248 Å². The first-order chi connectivity index (χ1) is 20.4. The molecule has 0 saturated heterocycles. The molecule has 8 rings (SSSR count). The van der Waals surface area contributed by atoms with Crippen molar-refractivity contribution in [1.29, 1.82) is 0 Å². The summed E-state index contributed by atoms with van der Waals surface area (Å²) in [5.41, 5.74) is 12.6. The Bertz CT molecular complexity index is 1890. The number of para-hydroxylation sites is 4. The number of nitrogens with zero attached hydrogens (tertiary/aromatic N) is 1. The van der Waals surface area contributed by atoms with Gasteiger partial charge in [-0.3, -0.25) is 0 Å². The van der Waals surface area contributed by atoms with Crippen LogP contribution in [0.3, 0.4) is 0 Å². The van der Waals surface area contributed by atoms with Gasteiger partial charge in [0.05, 0.1) is 11.4 Å². The number of benzene rings is 5. The highest BCUT2D eigenvalue weighted by Gasteiger charge is 2.40. The fourth-order valence-corrected chi connectivity index (χ4v) is 7.24. The van der Waals surface area contributed by atoms with Crippen molar-refractivity contribution in [2.75, 3.05) is 4.90 Å². The monoisotopic (exact) mass is 547 g/mol. The van der Waals surface area contributed by atoms with E-state index in [9.17, 15) is 0 Å². The van der Waals surface area contributed by atoms with Gasteiger partial charge in [0.1, 0.15) is 11.5 Å². The first-order valence-corrected chi connectivity index (χ1v) is 15.2. The lowest BCUT2D eigenvalue weighted by Gasteiger charge is -2.39. The molecule has 3 heterocycles. The van der Waals surface area contributed by atoms with Crippen molar-refractivity contribution in [3.05, 3.63) is 119 Å². The van der Waals surface area contributed by atoms with Crippen LogP contribution in [0, 0.1) is 0 Å². The molecule has 1 unspecified atom stereocenters. The fraction of sp³-hybridized carbons (Fsp3) is 0.211. The molecule has 0 fully saturated rings. The lowest BCUT2D eigenvalue weighted by atomic mass is 9.33. The smallest absolute Gasteiger partial charge is 0.251 e. The van der Waals surface area contributed by atoms with Gasteiger partial charge in [-0.25, -0.2) is 0 Å². The lowest BCUT2D eigenvalue weighted by molar-refractivity contribution is 0.475. The zero-order valence-electron chi connectivity index (χ0n) is 24.8. The van der Waals surface area contributed by atoms with Gasteiger partial charge in [-0.2, -0.15) is 0 Å². The third-order valence-electron chi connectivity index (χ3n) is 9.37. The van der Waals surface area contributed by atoms with Crippen LogP contribution >= 0.6 is 0 Å². The zero-order valence-corrected chi connectivity index (χ0v) is 24.8. The average molecular weight is 548 g/mol. The molecule has 5 aromatic carbocycles. The van der Waals surface area contributed by atoms with Crippen LogP contribution in [-0.4, -0.2) is 6.71 Å². The molecule has 3 aliphatic heterocycles. The van der Waals surface area contributed by atoms with Crippen molar-refractivity contribution in [3.8, 4) is 23.0 Å². The molecule has 1 atom stereocenters. The summed E-state index contributed by atoms with van der Waals surface area (Å²) in [6.45, 7) is 11.7. The van der Waals surface area contributed by atoms with Crippen LogP contribution in [0.1, 0.15) is 74.6 Å². The molecule has 206 valence electrons. The van der Waals surface area contributed by atoms with Crippen LogP contribution in [0.4, 0.5) is 17.1 Å². The van der Waals surface area contributed by atoms with E-state index < -0.39 is 0 Å². The molecule has 4 heteroatoms. The third kappa shape index (κ3) is 3.61. The minimum Gasteiger partial charge on any atom is -0.458 e. The highest BCUT2D eigenvalue weighted by molar-refractivity contribution is 6.97. The van der Waals surface area contributed by atoms with Crippen molar-refractivity contribution in [1.82, 2.24) is 0 Å². The van der Waals surface area contributed by atoms with Crippen molar-refractivity contribution >= 4 is 40.2 Å². The maximum atomic E-state index is 6.61. The third-order valence-corrected chi connectivity index (χ3v) is 9.37. The number of rotatable bonds is 2. The van der Waals surface area contributed by atoms with E-state index in [0.29, 0.717) is 11.8 Å². The SMILES string of the molecule is CC(C)c1cc(C(C)C)c2c(c1)C(C)c1cccc3c1N(c1ccc4c(c1)B2c1ccccc1O4)c1ccccc1O3. The molecule has 5 aromatic rings. The second kappa shape index (κ2) is 9.29. The van der Waals surface area contributed by atoms with Gasteiger partial charge in [0.2, 0.25) is 0 Å². The first kappa shape index (κ1) is 25.3. The summed E-state index contributed by atoms with van der Waals surface area (Å²) in [5, 5.41) is 0. The molecule has 0 spiro atoms. The molecular weight excluding hydrogens is 513 g/mol. The van der Waals surface area contributed by atoms with Gasteiger partial charge in [0.25, 0.3) is 6.71 Å². The second-order valence-corrected chi connectivity index (χ2v) is 12.5. The van der Waals surface area contributed by atoms with E-state index in [1.165, 1.54) is 38.6 Å². The Kier molecular flexibility index (Phi) is 5.59. The summed E-state index contributed by atoms with van der Waals surface area (Å²) in [4.78, 5) is 2.40. The highest BCUT2D eigenvalue weighted by atomic mass is 16.5. The van der Waals surface area contributed by atoms with Crippen molar-refractivity contribution < 1.29 is 9.47 Å². The maximum absolute atomic E-state index is 6.61. The predicted octanol–water partition coefficient (Wildman–Crippen LogP) is 8.60. The van der Waals surface area contributed by atoms with Crippen LogP contribution in [-0.2, 0) is 0 Å². The topological polar surface area (TPSA) is 21.7 Å². The summed E-state index contributed by atoms with van der Waals surface area (Å²) in [7, 11) is 0. The van der Waals surface area contributed by atoms with E-state index in [1.54, 1.807) is 0 Å². The van der Waals surface area contributed by atoms with E-state index in [2.05, 4.69) is 131 Å². The normalized spacial score (nSPS) is 15.7. The molecular formula is C38H34BNO2. The zero-order chi connectivity index (χ0) is 28.7. The fourth-order valence-electron chi connectivity index (χ4n) is 7.24. The number of fused-ring (bicyclic) bond motifs is 8. The number of ether oxygens (including phenoxy) is 2. The standard InChI is InChI=1S/C38H34BNO2/c1-22(2)25-19-28(23(3)4)37-29(20-25)24(5)27-11-10-16-36-38(27)40(32-13-7-9-15-35(32)42-36)26-17-18-34-31(21-26)39(37)30-12-6-8-14-33(30)41-34/h6-24H,1-5H3. The highest BCUT2D eigenvalue weighted by Crippen LogP contribution is 2.54. The van der Waals surface area contributed by atoms with E-state index in [-0.39, 0.29) is 12.6 Å². The number of hydrogen-bond acceptors (Lipinski definition) is 3. The molecule has 0 saturated carbocycles. The van der Waals surface area contributed by atoms with Crippen LogP contribution < -0.4 is 30.8 Å². The van der Waals surface area contributed by atoms with Crippen LogP contribution in [0.2, 0.25) is 0 Å². The van der Waals surface area contributed by atoms with Crippen molar-refractivity contribution in [2.24, 2.45) is 0 Å². The van der Waals surface area contributed by atoms with E-state index in [1.807, 2.05) is 6.07 Å². The second-order valence-electron chi connectivity index (χ2n) is 12.5. The molecule has 42 heavy (non-hydrogen) atoms. The molecule has 0 radical (unpaired) electrons. The van der Waals surface area contributed by atoms with Crippen LogP contribution in [0.15, 0.2) is 97.1 Å². The van der Waals surface area contributed by atoms with Crippen molar-refractivity contribution in [3.63, 3.8) is 0 Å². The van der Waals surface area contributed by atoms with Crippen LogP contribution in [0.25, 0.3) is 0 Å². The average Bonchev–Trinajstić information content (AvgIpc) is 3.00. The van der Waals surface area contributed by atoms with Gasteiger partial charge in [-0.1, -0.05) is 94.7 Å². The molecule has 0 aromatic heterocycles. The van der Waals surface area contributed by atoms with Crippen molar-refractivity contribution in [2.45, 2.75) is 52.4 Å². The Morgan fingerprint density at radius 3 is 2.17 bits per heavy atom. The molecule has 3 aliphatic rings. The van der Waals surface area contributed by atoms with Crippen LogP contribution in [0.5, 0.6) is 23.0 Å². The summed E-state index contributed by atoms with van der Waals surface area (Å²) < 4.78 is 13.2. The largest absolute Gasteiger partial charge is 0.458 e. The van der Waals surface area contributed by atoms with Gasteiger partial charge in [-0.05, 0) is 87.5 Å². The Morgan fingerprint density at radius 2 is 1.36 bits per heavy atom. The number of anilines is 3. The molecule has 0 N–H and O–H groups in total. The molecule has 2 bridgehead atoms. The Morgan fingerprint density at radius 1 is 0.643 bits per heavy atom. The Balaban J connectivity index is 1.54. The quantitative estimate of drug-likeness (QED) is 0.202. The van der Waals surface area contributed by atoms with Gasteiger partial charge < -0.3 is 14.4 Å². The Hall–Kier alpha value is -4.44. The van der Waals surface area contributed by atoms with E-state index in [4.69, 9.17) is 9.47 Å². The predicted molar refractivity (Wildman–Crippen MR) is 175 cm³/mol. The minimum absolute atomic E-state index is 0.0574. The van der Waals surface area contributed by atoms with Gasteiger partial charge >= 0.3 is 0 Å². The van der Waals surface area contributed by atoms with E-state index in [0.717, 1.165) is 40.1 Å². The summed E-state index contributed by atoms with van der Waals surface area (Å²) in [6.07, 6.45) is 0. The molecule has 0 aliphatic carbocycles. The summed E-state index contributed by atoms with van der Waals surface area (Å²) in [5.74, 6) is 4.55. The maximum Gasteiger partial charge on any atom is 0.251 e. The summed E-state index contributed by atoms with van der Waals surface area (Å²) >= 11 is 0. The minimum atomic E-state index is 0.0574.